The topological polar surface area (TPSA) is 104 Å². The van der Waals surface area contributed by atoms with Gasteiger partial charge in [-0.05, 0) is 67.7 Å². The monoisotopic (exact) mass is 635 g/mol. The van der Waals surface area contributed by atoms with Gasteiger partial charge in [0.25, 0.3) is 5.91 Å². The highest BCUT2D eigenvalue weighted by molar-refractivity contribution is 6.36. The summed E-state index contributed by atoms with van der Waals surface area (Å²) in [4.78, 5) is 36.6. The molecule has 1 saturated heterocycles. The molecule has 1 amide bonds. The molecule has 0 saturated carbocycles. The van der Waals surface area contributed by atoms with Gasteiger partial charge < -0.3 is 20.1 Å². The molecular weight excluding hydrogens is 598 g/mol. The first-order valence-corrected chi connectivity index (χ1v) is 16.1. The summed E-state index contributed by atoms with van der Waals surface area (Å²) in [7, 11) is 3.96. The average Bonchev–Trinajstić information content (AvgIpc) is 3.60. The number of pyridine rings is 1. The van der Waals surface area contributed by atoms with Crippen LogP contribution in [0.15, 0.2) is 55.0 Å². The van der Waals surface area contributed by atoms with E-state index in [4.69, 9.17) is 16.6 Å². The third kappa shape index (κ3) is 5.84. The van der Waals surface area contributed by atoms with Crippen molar-refractivity contribution in [2.75, 3.05) is 37.3 Å². The van der Waals surface area contributed by atoms with Crippen LogP contribution in [0.3, 0.4) is 0 Å². The average molecular weight is 636 g/mol. The number of likely N-dealkylation sites (tertiary alicyclic amines) is 1. The van der Waals surface area contributed by atoms with E-state index >= 15 is 0 Å². The minimum atomic E-state index is -0.285. The lowest BCUT2D eigenvalue weighted by molar-refractivity contribution is 0.101. The van der Waals surface area contributed by atoms with Crippen molar-refractivity contribution in [3.05, 3.63) is 88.4 Å². The van der Waals surface area contributed by atoms with E-state index in [0.717, 1.165) is 95.4 Å². The zero-order valence-electron chi connectivity index (χ0n) is 26.6. The largest absolute Gasteiger partial charge is 0.338 e. The number of halogens is 1. The fraction of sp³-hybridized carbons (Fsp3) is 0.343. The second kappa shape index (κ2) is 12.4. The zero-order valence-corrected chi connectivity index (χ0v) is 27.4. The molecule has 0 unspecified atom stereocenters. The number of nitrogens with one attached hydrogen (secondary N) is 2. The summed E-state index contributed by atoms with van der Waals surface area (Å²) in [6.45, 7) is 9.14. The predicted octanol–water partition coefficient (Wildman–Crippen LogP) is 6.21. The number of rotatable bonds is 7. The summed E-state index contributed by atoms with van der Waals surface area (Å²) in [5, 5.41) is 6.96. The van der Waals surface area contributed by atoms with Gasteiger partial charge in [-0.2, -0.15) is 0 Å². The van der Waals surface area contributed by atoms with Crippen molar-refractivity contribution in [1.82, 2.24) is 34.3 Å². The number of imidazole rings is 1. The molecule has 1 fully saturated rings. The van der Waals surface area contributed by atoms with Gasteiger partial charge in [0, 0.05) is 62.8 Å². The number of anilines is 3. The van der Waals surface area contributed by atoms with Crippen LogP contribution in [0.1, 0.15) is 46.5 Å². The molecule has 2 aromatic carbocycles. The van der Waals surface area contributed by atoms with Crippen LogP contribution in [0.2, 0.25) is 5.02 Å². The van der Waals surface area contributed by atoms with Crippen LogP contribution in [0.25, 0.3) is 22.2 Å². The number of amides is 1. The van der Waals surface area contributed by atoms with E-state index in [1.165, 1.54) is 6.42 Å². The van der Waals surface area contributed by atoms with Crippen molar-refractivity contribution >= 4 is 45.7 Å². The number of likely N-dealkylation sites (N-methyl/N-ethyl adjacent to an activating group) is 1. The van der Waals surface area contributed by atoms with Gasteiger partial charge in [-0.25, -0.2) is 15.0 Å². The van der Waals surface area contributed by atoms with Crippen molar-refractivity contribution < 1.29 is 4.79 Å². The third-order valence-electron chi connectivity index (χ3n) is 9.22. The van der Waals surface area contributed by atoms with Crippen LogP contribution in [-0.2, 0) is 26.6 Å². The van der Waals surface area contributed by atoms with Gasteiger partial charge in [-0.15, -0.1) is 0 Å². The van der Waals surface area contributed by atoms with Crippen LogP contribution >= 0.6 is 11.6 Å². The second-order valence-corrected chi connectivity index (χ2v) is 13.0. The maximum atomic E-state index is 13.4. The first kappa shape index (κ1) is 30.3. The van der Waals surface area contributed by atoms with Gasteiger partial charge >= 0.3 is 0 Å². The number of nitrogens with zero attached hydrogens (tertiary/aromatic N) is 7. The number of aromatic nitrogens is 5. The number of hydrogen-bond donors (Lipinski definition) is 2. The Balaban J connectivity index is 1.13. The summed E-state index contributed by atoms with van der Waals surface area (Å²) in [5.74, 6) is 1.48. The molecule has 0 spiro atoms. The molecule has 2 aliphatic heterocycles. The standard InChI is InChI=1S/C35H38ClN9O/c1-21-11-14-45(17-21)18-23-15-28-32(37-16-23)33(39-20-38-28)40-26-9-5-7-24(22(26)2)25-8-6-10-27(31(25)36)42-35(46)34-41-29-19-43(3)13-12-30(29)44(34)4/h5-10,15-16,20-21H,11-14,17-19H2,1-4H3,(H,42,46)(H,38,39,40)/t21-/m1/s1. The van der Waals surface area contributed by atoms with E-state index in [1.54, 1.807) is 6.33 Å². The van der Waals surface area contributed by atoms with E-state index in [2.05, 4.69) is 55.4 Å². The quantitative estimate of drug-likeness (QED) is 0.217. The van der Waals surface area contributed by atoms with Crippen molar-refractivity contribution in [2.45, 2.75) is 39.8 Å². The Morgan fingerprint density at radius 1 is 1.04 bits per heavy atom. The molecule has 46 heavy (non-hydrogen) atoms. The molecule has 0 radical (unpaired) electrons. The normalized spacial score (nSPS) is 16.9. The van der Waals surface area contributed by atoms with Crippen LogP contribution in [-0.4, -0.2) is 66.9 Å². The lowest BCUT2D eigenvalue weighted by Gasteiger charge is -2.21. The highest BCUT2D eigenvalue weighted by atomic mass is 35.5. The molecule has 5 aromatic rings. The van der Waals surface area contributed by atoms with Gasteiger partial charge in [0.1, 0.15) is 11.8 Å². The number of hydrogen-bond acceptors (Lipinski definition) is 8. The summed E-state index contributed by atoms with van der Waals surface area (Å²) >= 11 is 6.98. The molecule has 0 aliphatic carbocycles. The lowest BCUT2D eigenvalue weighted by atomic mass is 9.98. The molecule has 5 heterocycles. The summed E-state index contributed by atoms with van der Waals surface area (Å²) < 4.78 is 1.90. The highest BCUT2D eigenvalue weighted by Gasteiger charge is 2.25. The molecule has 10 nitrogen and oxygen atoms in total. The first-order chi connectivity index (χ1) is 22.2. The number of fused-ring (bicyclic) bond motifs is 2. The molecule has 3 aromatic heterocycles. The Bertz CT molecular complexity index is 1950. The summed E-state index contributed by atoms with van der Waals surface area (Å²) in [6.07, 6.45) is 5.61. The molecular formula is C35H38ClN9O. The van der Waals surface area contributed by atoms with Crippen LogP contribution < -0.4 is 10.6 Å². The first-order valence-electron chi connectivity index (χ1n) is 15.8. The van der Waals surface area contributed by atoms with E-state index < -0.39 is 0 Å². The van der Waals surface area contributed by atoms with Crippen molar-refractivity contribution in [3.8, 4) is 11.1 Å². The predicted molar refractivity (Wildman–Crippen MR) is 182 cm³/mol. The lowest BCUT2D eigenvalue weighted by Crippen LogP contribution is -2.27. The minimum absolute atomic E-state index is 0.285. The van der Waals surface area contributed by atoms with Crippen LogP contribution in [0, 0.1) is 12.8 Å². The SMILES string of the molecule is Cc1c(Nc2ncnc3cc(CN4CC[C@@H](C)C4)cnc23)cccc1-c1cccc(NC(=O)c2nc3c(n2C)CCN(C)C3)c1Cl. The Morgan fingerprint density at radius 3 is 2.65 bits per heavy atom. The highest BCUT2D eigenvalue weighted by Crippen LogP contribution is 2.38. The van der Waals surface area contributed by atoms with E-state index in [0.29, 0.717) is 22.4 Å². The van der Waals surface area contributed by atoms with Crippen molar-refractivity contribution in [3.63, 3.8) is 0 Å². The fourth-order valence-corrected chi connectivity index (χ4v) is 6.93. The summed E-state index contributed by atoms with van der Waals surface area (Å²) in [5.41, 5.74) is 8.88. The van der Waals surface area contributed by atoms with Crippen molar-refractivity contribution in [2.24, 2.45) is 13.0 Å². The Morgan fingerprint density at radius 2 is 1.85 bits per heavy atom. The number of carbonyl (C=O) groups is 1. The molecule has 2 aliphatic rings. The Labute approximate surface area is 273 Å². The Hall–Kier alpha value is -4.38. The van der Waals surface area contributed by atoms with E-state index in [-0.39, 0.29) is 5.91 Å². The molecule has 7 rings (SSSR count). The van der Waals surface area contributed by atoms with Gasteiger partial charge in [-0.1, -0.05) is 42.8 Å². The molecule has 236 valence electrons. The van der Waals surface area contributed by atoms with Gasteiger partial charge in [0.05, 0.1) is 21.9 Å². The second-order valence-electron chi connectivity index (χ2n) is 12.7. The number of carbonyl (C=O) groups excluding carboxylic acids is 1. The summed E-state index contributed by atoms with van der Waals surface area (Å²) in [6, 6.07) is 13.8. The van der Waals surface area contributed by atoms with E-state index in [9.17, 15) is 4.79 Å². The Kier molecular flexibility index (Phi) is 8.18. The van der Waals surface area contributed by atoms with Crippen LogP contribution in [0.5, 0.6) is 0 Å². The maximum Gasteiger partial charge on any atom is 0.291 e. The fourth-order valence-electron chi connectivity index (χ4n) is 6.66. The smallest absolute Gasteiger partial charge is 0.291 e. The molecule has 1 atom stereocenters. The minimum Gasteiger partial charge on any atom is -0.338 e. The zero-order chi connectivity index (χ0) is 31.9. The van der Waals surface area contributed by atoms with Crippen molar-refractivity contribution in [1.29, 1.82) is 0 Å². The van der Waals surface area contributed by atoms with Gasteiger partial charge in [0.15, 0.2) is 11.6 Å². The molecule has 0 bridgehead atoms. The maximum absolute atomic E-state index is 13.4. The molecule has 2 N–H and O–H groups in total. The third-order valence-corrected chi connectivity index (χ3v) is 9.63. The number of benzene rings is 2. The van der Waals surface area contributed by atoms with Gasteiger partial charge in [-0.3, -0.25) is 14.7 Å². The van der Waals surface area contributed by atoms with E-state index in [1.807, 2.05) is 61.1 Å². The van der Waals surface area contributed by atoms with Crippen LogP contribution in [0.4, 0.5) is 17.2 Å². The molecule has 11 heteroatoms. The van der Waals surface area contributed by atoms with Gasteiger partial charge in [0.2, 0.25) is 0 Å².